The van der Waals surface area contributed by atoms with Crippen molar-refractivity contribution in [1.29, 1.82) is 0 Å². The Bertz CT molecular complexity index is 232. The van der Waals surface area contributed by atoms with E-state index in [9.17, 15) is 0 Å². The zero-order valence-corrected chi connectivity index (χ0v) is 8.80. The summed E-state index contributed by atoms with van der Waals surface area (Å²) in [6.07, 6.45) is 7.71. The minimum Gasteiger partial charge on any atom is -0.383 e. The molecule has 0 amide bonds. The Morgan fingerprint density at radius 3 is 2.38 bits per heavy atom. The van der Waals surface area contributed by atoms with E-state index in [1.165, 1.54) is 0 Å². The van der Waals surface area contributed by atoms with Crippen LogP contribution in [0.5, 0.6) is 0 Å². The second kappa shape index (κ2) is 6.30. The Labute approximate surface area is 81.5 Å². The second-order valence-corrected chi connectivity index (χ2v) is 3.14. The summed E-state index contributed by atoms with van der Waals surface area (Å²) >= 11 is 0. The van der Waals surface area contributed by atoms with Crippen molar-refractivity contribution >= 4 is 0 Å². The molecular weight excluding hydrogens is 158 g/mol. The van der Waals surface area contributed by atoms with Crippen molar-refractivity contribution in [2.75, 3.05) is 0 Å². The first kappa shape index (κ1) is 11.8. The molecule has 0 spiro atoms. The summed E-state index contributed by atoms with van der Waals surface area (Å²) in [6.45, 7) is 13.8. The molecule has 0 aromatic heterocycles. The zero-order chi connectivity index (χ0) is 10.3. The lowest BCUT2D eigenvalue weighted by atomic mass is 10.1. The van der Waals surface area contributed by atoms with Gasteiger partial charge in [0.1, 0.15) is 0 Å². The first-order valence-electron chi connectivity index (χ1n) is 4.53. The van der Waals surface area contributed by atoms with Crippen LogP contribution in [0.25, 0.3) is 0 Å². The highest BCUT2D eigenvalue weighted by atomic mass is 14.9. The smallest absolute Gasteiger partial charge is 0.0342 e. The van der Waals surface area contributed by atoms with Crippen molar-refractivity contribution < 1.29 is 0 Å². The van der Waals surface area contributed by atoms with E-state index in [1.807, 2.05) is 25.2 Å². The van der Waals surface area contributed by atoms with Crippen molar-refractivity contribution in [3.05, 3.63) is 48.7 Å². The molecule has 0 rings (SSSR count). The lowest BCUT2D eigenvalue weighted by molar-refractivity contribution is 0.679. The van der Waals surface area contributed by atoms with Crippen LogP contribution < -0.4 is 5.32 Å². The molecule has 1 nitrogen and oxygen atoms in total. The number of hydrogen-bond acceptors (Lipinski definition) is 1. The normalized spacial score (nSPS) is 12.2. The fraction of sp³-hybridized carbons (Fsp3) is 0.333. The quantitative estimate of drug-likeness (QED) is 0.636. The summed E-state index contributed by atoms with van der Waals surface area (Å²) in [5.41, 5.74) is 2.01. The van der Waals surface area contributed by atoms with E-state index in [0.29, 0.717) is 6.04 Å². The van der Waals surface area contributed by atoms with Crippen molar-refractivity contribution in [2.45, 2.75) is 26.8 Å². The van der Waals surface area contributed by atoms with E-state index in [4.69, 9.17) is 0 Å². The van der Waals surface area contributed by atoms with E-state index < -0.39 is 0 Å². The molecule has 0 bridgehead atoms. The molecule has 13 heavy (non-hydrogen) atoms. The fourth-order valence-corrected chi connectivity index (χ4v) is 0.995. The largest absolute Gasteiger partial charge is 0.383 e. The van der Waals surface area contributed by atoms with Gasteiger partial charge in [-0.2, -0.15) is 0 Å². The lowest BCUT2D eigenvalue weighted by Crippen LogP contribution is -2.21. The average Bonchev–Trinajstić information content (AvgIpc) is 2.02. The fourth-order valence-electron chi connectivity index (χ4n) is 0.995. The summed E-state index contributed by atoms with van der Waals surface area (Å²) < 4.78 is 0. The van der Waals surface area contributed by atoms with Gasteiger partial charge in [-0.25, -0.2) is 0 Å². The summed E-state index contributed by atoms with van der Waals surface area (Å²) in [5, 5.41) is 3.25. The third kappa shape index (κ3) is 5.07. The molecule has 0 unspecified atom stereocenters. The number of rotatable bonds is 5. The Morgan fingerprint density at radius 2 is 2.00 bits per heavy atom. The van der Waals surface area contributed by atoms with Crippen LogP contribution in [0.1, 0.15) is 20.8 Å². The summed E-state index contributed by atoms with van der Waals surface area (Å²) in [5.74, 6) is 0. The van der Waals surface area contributed by atoms with Gasteiger partial charge >= 0.3 is 0 Å². The van der Waals surface area contributed by atoms with E-state index in [0.717, 1.165) is 11.3 Å². The molecule has 0 aliphatic carbocycles. The topological polar surface area (TPSA) is 12.0 Å². The van der Waals surface area contributed by atoms with Gasteiger partial charge in [-0.05, 0) is 26.3 Å². The number of hydrogen-bond donors (Lipinski definition) is 1. The van der Waals surface area contributed by atoms with Crippen LogP contribution in [-0.2, 0) is 0 Å². The van der Waals surface area contributed by atoms with Gasteiger partial charge < -0.3 is 5.32 Å². The van der Waals surface area contributed by atoms with Gasteiger partial charge in [-0.15, -0.1) is 0 Å². The molecule has 0 saturated heterocycles. The van der Waals surface area contributed by atoms with E-state index in [1.54, 1.807) is 6.08 Å². The van der Waals surface area contributed by atoms with Gasteiger partial charge in [-0.3, -0.25) is 0 Å². The molecule has 0 aromatic rings. The zero-order valence-electron chi connectivity index (χ0n) is 8.80. The van der Waals surface area contributed by atoms with Crippen LogP contribution in [0, 0.1) is 0 Å². The van der Waals surface area contributed by atoms with Crippen LogP contribution >= 0.6 is 0 Å². The van der Waals surface area contributed by atoms with Crippen molar-refractivity contribution in [3.8, 4) is 0 Å². The molecule has 72 valence electrons. The Morgan fingerprint density at radius 1 is 1.38 bits per heavy atom. The van der Waals surface area contributed by atoms with E-state index in [2.05, 4.69) is 32.3 Å². The molecule has 0 atom stereocenters. The Balaban J connectivity index is 4.47. The van der Waals surface area contributed by atoms with Gasteiger partial charge in [0.15, 0.2) is 0 Å². The highest BCUT2D eigenvalue weighted by Gasteiger charge is 1.98. The average molecular weight is 177 g/mol. The van der Waals surface area contributed by atoms with Crippen LogP contribution in [0.3, 0.4) is 0 Å². The van der Waals surface area contributed by atoms with Crippen LogP contribution in [-0.4, -0.2) is 6.04 Å². The lowest BCUT2D eigenvalue weighted by Gasteiger charge is -2.13. The number of allylic oxidation sites excluding steroid dienone is 4. The monoisotopic (exact) mass is 177 g/mol. The third-order valence-corrected chi connectivity index (χ3v) is 1.46. The van der Waals surface area contributed by atoms with Crippen LogP contribution in [0.15, 0.2) is 48.7 Å². The Kier molecular flexibility index (Phi) is 5.69. The molecule has 0 heterocycles. The summed E-state index contributed by atoms with van der Waals surface area (Å²) in [7, 11) is 0. The molecule has 0 aliphatic rings. The van der Waals surface area contributed by atoms with Crippen molar-refractivity contribution in [2.24, 2.45) is 0 Å². The van der Waals surface area contributed by atoms with Crippen molar-refractivity contribution in [3.63, 3.8) is 0 Å². The molecule has 0 aromatic carbocycles. The van der Waals surface area contributed by atoms with Crippen molar-refractivity contribution in [1.82, 2.24) is 5.32 Å². The van der Waals surface area contributed by atoms with Crippen LogP contribution in [0.2, 0.25) is 0 Å². The van der Waals surface area contributed by atoms with E-state index in [-0.39, 0.29) is 0 Å². The SMILES string of the molecule is C=C/C=C(\C=C/C)C(=C)NC(C)C. The minimum absolute atomic E-state index is 0.408. The molecule has 0 aliphatic heterocycles. The number of nitrogens with one attached hydrogen (secondary N) is 1. The maximum atomic E-state index is 3.95. The molecule has 1 heteroatoms. The standard InChI is InChI=1S/C12H19N/c1-6-8-12(9-7-2)11(5)13-10(3)4/h6-10,13H,1,5H2,2-4H3/b9-7-,12-8+. The minimum atomic E-state index is 0.408. The van der Waals surface area contributed by atoms with Gasteiger partial charge in [-0.1, -0.05) is 37.5 Å². The van der Waals surface area contributed by atoms with Crippen LogP contribution in [0.4, 0.5) is 0 Å². The Hall–Kier alpha value is -1.24. The first-order chi connectivity index (χ1) is 6.11. The molecule has 0 saturated carbocycles. The van der Waals surface area contributed by atoms with E-state index >= 15 is 0 Å². The van der Waals surface area contributed by atoms with Gasteiger partial charge in [0.25, 0.3) is 0 Å². The first-order valence-corrected chi connectivity index (χ1v) is 4.53. The molecule has 0 radical (unpaired) electrons. The van der Waals surface area contributed by atoms with Gasteiger partial charge in [0.05, 0.1) is 0 Å². The van der Waals surface area contributed by atoms with Gasteiger partial charge in [0, 0.05) is 11.7 Å². The van der Waals surface area contributed by atoms with Gasteiger partial charge in [0.2, 0.25) is 0 Å². The predicted molar refractivity (Wildman–Crippen MR) is 60.5 cm³/mol. The molecule has 1 N–H and O–H groups in total. The molecule has 0 fully saturated rings. The second-order valence-electron chi connectivity index (χ2n) is 3.14. The maximum absolute atomic E-state index is 3.95. The molecular formula is C12H19N. The maximum Gasteiger partial charge on any atom is 0.0342 e. The highest BCUT2D eigenvalue weighted by molar-refractivity contribution is 5.38. The highest BCUT2D eigenvalue weighted by Crippen LogP contribution is 2.07. The summed E-state index contributed by atoms with van der Waals surface area (Å²) in [6, 6.07) is 0.408. The predicted octanol–water partition coefficient (Wildman–Crippen LogP) is 3.19. The third-order valence-electron chi connectivity index (χ3n) is 1.46. The summed E-state index contributed by atoms with van der Waals surface area (Å²) in [4.78, 5) is 0.